The third-order valence-corrected chi connectivity index (χ3v) is 5.24. The normalized spacial score (nSPS) is 15.0. The zero-order valence-corrected chi connectivity index (χ0v) is 16.4. The quantitative estimate of drug-likeness (QED) is 0.760. The van der Waals surface area contributed by atoms with E-state index in [4.69, 9.17) is 0 Å². The number of aromatic nitrogens is 4. The van der Waals surface area contributed by atoms with Crippen molar-refractivity contribution in [2.75, 3.05) is 33.2 Å². The molecule has 144 valence electrons. The molecule has 3 aromatic rings. The molecule has 0 aromatic carbocycles. The molecule has 1 aliphatic rings. The van der Waals surface area contributed by atoms with Crippen LogP contribution in [0, 0.1) is 13.8 Å². The van der Waals surface area contributed by atoms with E-state index in [-0.39, 0.29) is 5.91 Å². The second kappa shape index (κ2) is 7.52. The largest absolute Gasteiger partial charge is 0.341 e. The van der Waals surface area contributed by atoms with Gasteiger partial charge in [0.2, 0.25) is 0 Å². The van der Waals surface area contributed by atoms with Gasteiger partial charge in [0, 0.05) is 56.0 Å². The summed E-state index contributed by atoms with van der Waals surface area (Å²) in [7, 11) is 2.08. The van der Waals surface area contributed by atoms with Crippen molar-refractivity contribution in [3.05, 3.63) is 53.7 Å². The van der Waals surface area contributed by atoms with Gasteiger partial charge in [0.15, 0.2) is 5.82 Å². The third-order valence-electron chi connectivity index (χ3n) is 5.24. The molecule has 4 rings (SSSR count). The van der Waals surface area contributed by atoms with Crippen molar-refractivity contribution in [1.82, 2.24) is 29.7 Å². The van der Waals surface area contributed by atoms with Crippen LogP contribution < -0.4 is 0 Å². The van der Waals surface area contributed by atoms with Crippen LogP contribution in [-0.4, -0.2) is 68.9 Å². The second-order valence-corrected chi connectivity index (χ2v) is 7.28. The molecule has 28 heavy (non-hydrogen) atoms. The zero-order valence-electron chi connectivity index (χ0n) is 16.4. The fourth-order valence-electron chi connectivity index (χ4n) is 3.32. The fraction of sp³-hybridized carbons (Fsp3) is 0.333. The number of carbonyl (C=O) groups excluding carboxylic acids is 1. The topological polar surface area (TPSA) is 78.0 Å². The van der Waals surface area contributed by atoms with Gasteiger partial charge in [-0.3, -0.25) is 14.8 Å². The Kier molecular flexibility index (Phi) is 4.92. The van der Waals surface area contributed by atoms with Gasteiger partial charge in [0.05, 0.1) is 11.3 Å². The Bertz CT molecular complexity index is 984. The van der Waals surface area contributed by atoms with Gasteiger partial charge < -0.3 is 14.8 Å². The Hall–Kier alpha value is -3.06. The van der Waals surface area contributed by atoms with E-state index in [1.54, 1.807) is 18.6 Å². The maximum absolute atomic E-state index is 12.9. The summed E-state index contributed by atoms with van der Waals surface area (Å²) < 4.78 is 0. The van der Waals surface area contributed by atoms with Gasteiger partial charge in [-0.25, -0.2) is 4.98 Å². The number of likely N-dealkylation sites (N-methyl/N-ethyl adjacent to an activating group) is 1. The number of aryl methyl sites for hydroxylation is 2. The molecule has 3 aromatic heterocycles. The van der Waals surface area contributed by atoms with E-state index in [9.17, 15) is 4.79 Å². The number of carbonyl (C=O) groups is 1. The number of nitrogens with one attached hydrogen (secondary N) is 1. The summed E-state index contributed by atoms with van der Waals surface area (Å²) in [6.07, 6.45) is 5.18. The monoisotopic (exact) mass is 376 g/mol. The first-order valence-electron chi connectivity index (χ1n) is 9.44. The molecule has 0 aliphatic carbocycles. The SMILES string of the molecule is Cc1nc(-c2cc(-c3cncc(C(=O)N4CCN(C)CC4)c3)ccn2)[nH]c1C. The van der Waals surface area contributed by atoms with Crippen LogP contribution in [0.25, 0.3) is 22.6 Å². The first-order chi connectivity index (χ1) is 13.5. The summed E-state index contributed by atoms with van der Waals surface area (Å²) in [5.74, 6) is 0.781. The average Bonchev–Trinajstić information content (AvgIpc) is 3.07. The number of pyridine rings is 2. The van der Waals surface area contributed by atoms with Crippen molar-refractivity contribution in [2.45, 2.75) is 13.8 Å². The molecule has 0 radical (unpaired) electrons. The average molecular weight is 376 g/mol. The first kappa shape index (κ1) is 18.3. The Balaban J connectivity index is 1.61. The van der Waals surface area contributed by atoms with Crippen LogP contribution in [0.4, 0.5) is 0 Å². The van der Waals surface area contributed by atoms with Crippen LogP contribution in [0.3, 0.4) is 0 Å². The van der Waals surface area contributed by atoms with E-state index in [1.807, 2.05) is 36.9 Å². The lowest BCUT2D eigenvalue weighted by molar-refractivity contribution is 0.0663. The van der Waals surface area contributed by atoms with Gasteiger partial charge in [-0.15, -0.1) is 0 Å². The molecule has 1 amide bonds. The van der Waals surface area contributed by atoms with Gasteiger partial charge in [-0.1, -0.05) is 0 Å². The molecule has 4 heterocycles. The molecular formula is C21H24N6O. The Labute approximate surface area is 164 Å². The highest BCUT2D eigenvalue weighted by molar-refractivity contribution is 5.95. The molecule has 0 spiro atoms. The van der Waals surface area contributed by atoms with Crippen molar-refractivity contribution in [2.24, 2.45) is 0 Å². The van der Waals surface area contributed by atoms with Crippen molar-refractivity contribution in [1.29, 1.82) is 0 Å². The molecule has 1 saturated heterocycles. The van der Waals surface area contributed by atoms with Crippen LogP contribution >= 0.6 is 0 Å². The minimum absolute atomic E-state index is 0.0361. The van der Waals surface area contributed by atoms with Crippen LogP contribution in [0.2, 0.25) is 0 Å². The molecule has 0 unspecified atom stereocenters. The highest BCUT2D eigenvalue weighted by atomic mass is 16.2. The number of piperazine rings is 1. The lowest BCUT2D eigenvalue weighted by Gasteiger charge is -2.32. The summed E-state index contributed by atoms with van der Waals surface area (Å²) in [6, 6.07) is 5.80. The van der Waals surface area contributed by atoms with Crippen LogP contribution in [-0.2, 0) is 0 Å². The molecule has 1 aliphatic heterocycles. The maximum atomic E-state index is 12.9. The fourth-order valence-corrected chi connectivity index (χ4v) is 3.32. The predicted octanol–water partition coefficient (Wildman–Crippen LogP) is 2.54. The molecule has 7 heteroatoms. The van der Waals surface area contributed by atoms with E-state index < -0.39 is 0 Å². The van der Waals surface area contributed by atoms with E-state index in [0.29, 0.717) is 5.56 Å². The molecule has 0 bridgehead atoms. The van der Waals surface area contributed by atoms with E-state index in [1.165, 1.54) is 0 Å². The predicted molar refractivity (Wildman–Crippen MR) is 108 cm³/mol. The van der Waals surface area contributed by atoms with Crippen LogP contribution in [0.15, 0.2) is 36.8 Å². The van der Waals surface area contributed by atoms with Crippen molar-refractivity contribution in [3.8, 4) is 22.6 Å². The minimum Gasteiger partial charge on any atom is -0.341 e. The Morgan fingerprint density at radius 3 is 2.57 bits per heavy atom. The summed E-state index contributed by atoms with van der Waals surface area (Å²) in [5.41, 5.74) is 5.22. The molecule has 1 fully saturated rings. The number of nitrogens with zero attached hydrogens (tertiary/aromatic N) is 5. The van der Waals surface area contributed by atoms with E-state index in [2.05, 4.69) is 31.9 Å². The standard InChI is InChI=1S/C21H24N6O/c1-14-15(2)25-20(24-14)19-11-16(4-5-23-19)17-10-18(13-22-12-17)21(28)27-8-6-26(3)7-9-27/h4-5,10-13H,6-9H2,1-3H3,(H,24,25). The summed E-state index contributed by atoms with van der Waals surface area (Å²) >= 11 is 0. The lowest BCUT2D eigenvalue weighted by atomic mass is 10.1. The Morgan fingerprint density at radius 2 is 1.86 bits per heavy atom. The van der Waals surface area contributed by atoms with E-state index >= 15 is 0 Å². The van der Waals surface area contributed by atoms with Gasteiger partial charge in [-0.05, 0) is 44.7 Å². The van der Waals surface area contributed by atoms with Crippen molar-refractivity contribution < 1.29 is 4.79 Å². The van der Waals surface area contributed by atoms with Gasteiger partial charge in [0.25, 0.3) is 5.91 Å². The number of imidazole rings is 1. The molecule has 7 nitrogen and oxygen atoms in total. The van der Waals surface area contributed by atoms with Crippen molar-refractivity contribution in [3.63, 3.8) is 0 Å². The number of amides is 1. The highest BCUT2D eigenvalue weighted by Gasteiger charge is 2.21. The highest BCUT2D eigenvalue weighted by Crippen LogP contribution is 2.24. The minimum atomic E-state index is 0.0361. The zero-order chi connectivity index (χ0) is 19.7. The number of rotatable bonds is 3. The van der Waals surface area contributed by atoms with Gasteiger partial charge in [0.1, 0.15) is 5.69 Å². The van der Waals surface area contributed by atoms with Crippen LogP contribution in [0.5, 0.6) is 0 Å². The van der Waals surface area contributed by atoms with E-state index in [0.717, 1.165) is 60.2 Å². The molecule has 0 saturated carbocycles. The lowest BCUT2D eigenvalue weighted by Crippen LogP contribution is -2.47. The Morgan fingerprint density at radius 1 is 1.07 bits per heavy atom. The summed E-state index contributed by atoms with van der Waals surface area (Å²) in [5, 5.41) is 0. The second-order valence-electron chi connectivity index (χ2n) is 7.28. The van der Waals surface area contributed by atoms with Crippen LogP contribution in [0.1, 0.15) is 21.7 Å². The first-order valence-corrected chi connectivity index (χ1v) is 9.44. The van der Waals surface area contributed by atoms with Gasteiger partial charge in [-0.2, -0.15) is 0 Å². The number of H-pyrrole nitrogens is 1. The number of hydrogen-bond donors (Lipinski definition) is 1. The summed E-state index contributed by atoms with van der Waals surface area (Å²) in [4.78, 5) is 33.5. The molecule has 1 N–H and O–H groups in total. The smallest absolute Gasteiger partial charge is 0.255 e. The van der Waals surface area contributed by atoms with Crippen molar-refractivity contribution >= 4 is 5.91 Å². The number of hydrogen-bond acceptors (Lipinski definition) is 5. The molecular weight excluding hydrogens is 352 g/mol. The number of aromatic amines is 1. The third kappa shape index (κ3) is 3.66. The molecule has 0 atom stereocenters. The maximum Gasteiger partial charge on any atom is 0.255 e. The van der Waals surface area contributed by atoms with Gasteiger partial charge >= 0.3 is 0 Å². The summed E-state index contributed by atoms with van der Waals surface area (Å²) in [6.45, 7) is 7.25.